The molecule has 30 nitrogen and oxygen atoms in total. The number of aromatic nitrogens is 22. The zero-order chi connectivity index (χ0) is 92.1. The number of hydrogen-bond donors (Lipinski definition) is 0. The van der Waals surface area contributed by atoms with Gasteiger partial charge in [-0.15, -0.1) is 35.9 Å². The zero-order valence-electron chi connectivity index (χ0n) is 74.4. The minimum atomic E-state index is 0. The van der Waals surface area contributed by atoms with Crippen molar-refractivity contribution in [3.63, 3.8) is 0 Å². The van der Waals surface area contributed by atoms with E-state index in [4.69, 9.17) is 38.4 Å². The molecule has 21 rings (SSSR count). The van der Waals surface area contributed by atoms with Gasteiger partial charge in [0.25, 0.3) is 0 Å². The van der Waals surface area contributed by atoms with Crippen LogP contribution in [0.4, 0.5) is 0 Å². The maximum absolute atomic E-state index is 7.75. The van der Waals surface area contributed by atoms with E-state index in [1.807, 2.05) is 311 Å². The minimum absolute atomic E-state index is 0. The van der Waals surface area contributed by atoms with Gasteiger partial charge in [-0.2, -0.15) is 0 Å². The molecule has 0 saturated heterocycles. The van der Waals surface area contributed by atoms with E-state index in [1.165, 1.54) is 0 Å². The van der Waals surface area contributed by atoms with E-state index < -0.39 is 0 Å². The zero-order valence-corrected chi connectivity index (χ0v) is 87.4. The van der Waals surface area contributed by atoms with Crippen LogP contribution >= 0.6 is 0 Å². The smallest absolute Gasteiger partial charge is 0.545 e. The molecular formula is C102H85N22O8Pd2Re3Ru-16. The summed E-state index contributed by atoms with van der Waals surface area (Å²) in [5, 5.41) is 0. The topological polar surface area (TPSA) is 427 Å². The summed E-state index contributed by atoms with van der Waals surface area (Å²) in [5.41, 5.74) is 19.4. The monoisotopic (exact) mass is 2620 g/mol. The van der Waals surface area contributed by atoms with Crippen molar-refractivity contribution in [2.45, 2.75) is 13.8 Å². The second kappa shape index (κ2) is 78.7. The second-order valence-electron chi connectivity index (χ2n) is 24.0. The van der Waals surface area contributed by atoms with Gasteiger partial charge in [-0.05, 0) is 202 Å². The predicted octanol–water partition coefficient (Wildman–Crippen LogP) is 16.7. The molecule has 36 heteroatoms. The van der Waals surface area contributed by atoms with Gasteiger partial charge >= 0.3 is 39.9 Å². The Hall–Kier alpha value is -14.5. The molecular weight excluding hydrogens is 2530 g/mol. The van der Waals surface area contributed by atoms with Gasteiger partial charge in [-0.1, -0.05) is 181 Å². The fourth-order valence-electron chi connectivity index (χ4n) is 10.7. The summed E-state index contributed by atoms with van der Waals surface area (Å²) in [6.07, 6.45) is 17.5. The fraction of sp³-hybridized carbons (Fsp3) is 0.0196. The number of rotatable bonds is 8. The van der Waals surface area contributed by atoms with Crippen molar-refractivity contribution in [3.05, 3.63) is 406 Å². The summed E-state index contributed by atoms with van der Waals surface area (Å²) in [6, 6.07) is 97.7. The first-order valence-electron chi connectivity index (χ1n) is 37.3. The molecule has 0 amide bonds. The summed E-state index contributed by atoms with van der Waals surface area (Å²) in [7, 11) is 0. The van der Waals surface area contributed by atoms with Crippen LogP contribution in [-0.4, -0.2) is 134 Å². The Kier molecular flexibility index (Phi) is 75.3. The van der Waals surface area contributed by atoms with E-state index in [0.29, 0.717) is 34.8 Å². The van der Waals surface area contributed by atoms with Gasteiger partial charge in [-0.25, -0.2) is 0 Å². The Morgan fingerprint density at radius 3 is 0.659 bits per heavy atom. The normalized spacial score (nSPS) is 8.68. The molecule has 0 saturated carbocycles. The van der Waals surface area contributed by atoms with Crippen LogP contribution in [-0.2, 0) is 160 Å². The Labute approximate surface area is 883 Å². The van der Waals surface area contributed by atoms with Gasteiger partial charge in [0.15, 0.2) is 0 Å². The largest absolute Gasteiger partial charge is 2.00 e. The van der Waals surface area contributed by atoms with E-state index >= 15 is 0 Å². The molecule has 0 aliphatic rings. The van der Waals surface area contributed by atoms with Crippen LogP contribution in [0.3, 0.4) is 0 Å². The Morgan fingerprint density at radius 2 is 0.435 bits per heavy atom. The van der Waals surface area contributed by atoms with Gasteiger partial charge in [0.05, 0.1) is 45.6 Å². The van der Waals surface area contributed by atoms with Gasteiger partial charge in [0.1, 0.15) is 0 Å². The summed E-state index contributed by atoms with van der Waals surface area (Å²) in [5.74, 6) is 4.11. The second-order valence-corrected chi connectivity index (χ2v) is 24.0. The molecule has 0 aliphatic heterocycles. The molecule has 0 bridgehead atoms. The third-order valence-corrected chi connectivity index (χ3v) is 16.2. The number of pyridine rings is 10. The maximum Gasteiger partial charge on any atom is 2.00 e. The third kappa shape index (κ3) is 42.2. The fourth-order valence-corrected chi connectivity index (χ4v) is 10.7. The van der Waals surface area contributed by atoms with E-state index in [1.54, 1.807) is 62.0 Å². The average molecular weight is 2620 g/mol. The molecule has 16 aromatic heterocycles. The molecule has 716 valence electrons. The first-order valence-corrected chi connectivity index (χ1v) is 37.3. The van der Waals surface area contributed by atoms with Crippen molar-refractivity contribution < 1.29 is 160 Å². The van der Waals surface area contributed by atoms with Crippen LogP contribution in [0.5, 0.6) is 0 Å². The Balaban J connectivity index is -0.000000474. The number of aryl methyl sites for hydroxylation is 2. The van der Waals surface area contributed by atoms with Crippen molar-refractivity contribution >= 4 is 110 Å². The standard InChI is InChI=1S/4C12H8N3.C11H7N4.C11H8N.C10H10N3.C10H8N2.8CHO.4CH3.2Pd.3Re.Ru/c4*1-2-6-10-9(5-1)14-12(15-10)11-7-3-4-8-13-11;1-2-6-12-8(4-1)11-14-9-5-3-7-13-10(9)15-11;1-2-6-10(7-3-1)11-8-4-5-9-12-11;1-7-8(2)13-10(12-7)9-5-3-4-6-11-9;1-3-7-11-9(5-1)10-6-2-4-8-12-10;8*1-2;;;;;;;;;;/h4*1-8H;1-7H;1-6,8-9H;3-6H,1-2H3;1-8H;8*1H;4*1H3;;;;;;/q7*-1;;12*-1;;+2;;;;+1. The van der Waals surface area contributed by atoms with Crippen molar-refractivity contribution in [2.24, 2.45) is 0 Å². The molecule has 0 unspecified atom stereocenters. The van der Waals surface area contributed by atoms with E-state index in [2.05, 4.69) is 170 Å². The molecule has 0 aliphatic carbocycles. The molecule has 0 spiro atoms. The third-order valence-electron chi connectivity index (χ3n) is 16.2. The molecule has 4 radical (unpaired) electrons. The molecule has 5 aromatic carbocycles. The van der Waals surface area contributed by atoms with Crippen LogP contribution in [0.15, 0.2) is 359 Å². The van der Waals surface area contributed by atoms with Crippen LogP contribution in [0.1, 0.15) is 11.4 Å². The first-order chi connectivity index (χ1) is 63.4. The molecule has 16 heterocycles. The number of benzene rings is 5. The summed E-state index contributed by atoms with van der Waals surface area (Å²) in [4.78, 5) is 156. The Morgan fingerprint density at radius 1 is 0.225 bits per heavy atom. The van der Waals surface area contributed by atoms with Crippen LogP contribution < -0.4 is 29.9 Å². The SMILES string of the molecule is Cc1nc(-c2ccccn2)[n-]c1C.[CH-]=O.[CH-]=O.[CH-]=O.[CH-]=O.[CH-]=O.[CH-]=O.[CH-]=O.[CH-]=O.[CH3-].[CH3-].[CH3-].[CH3-].[Pd+2].[Pd].[Re].[Re].[Re].[Ru+].[c-]1ccccc1-c1ccccn1.c1ccc(-c2ccccn2)nc1.c1ccc(-c2nc3ccccc3[n-]2)nc1.c1ccc(-c2nc3ccccc3[n-]2)nc1.c1ccc(-c2nc3ccccc3[n-]2)nc1.c1ccc(-c2nc3ccccc3[n-]2)nc1.c1ccc(-c2nc3cccnc3[n-]2)nc1. The van der Waals surface area contributed by atoms with Gasteiger partial charge in [0, 0.05) is 154 Å². The molecule has 138 heavy (non-hydrogen) atoms. The number of hydrogen-bond acceptors (Lipinski definition) is 24. The number of imidazole rings is 6. The van der Waals surface area contributed by atoms with E-state index in [9.17, 15) is 0 Å². The van der Waals surface area contributed by atoms with Crippen LogP contribution in [0, 0.1) is 49.6 Å². The van der Waals surface area contributed by atoms with Gasteiger partial charge < -0.3 is 138 Å². The Bertz CT molecular complexity index is 5590. The quantitative estimate of drug-likeness (QED) is 0.0774. The number of carbonyl (C=O) groups excluding carboxylic acids is 8. The van der Waals surface area contributed by atoms with Crippen LogP contribution in [0.2, 0.25) is 0 Å². The van der Waals surface area contributed by atoms with Crippen molar-refractivity contribution in [2.75, 3.05) is 0 Å². The first kappa shape index (κ1) is 132. The van der Waals surface area contributed by atoms with Crippen molar-refractivity contribution in [1.82, 2.24) is 110 Å². The number of para-hydroxylation sites is 8. The maximum atomic E-state index is 7.75. The molecule has 21 aromatic rings. The molecule has 0 fully saturated rings. The van der Waals surface area contributed by atoms with Crippen molar-refractivity contribution in [1.29, 1.82) is 0 Å². The van der Waals surface area contributed by atoms with E-state index in [-0.39, 0.29) is 151 Å². The van der Waals surface area contributed by atoms with Crippen molar-refractivity contribution in [3.8, 4) is 91.8 Å². The summed E-state index contributed by atoms with van der Waals surface area (Å²) >= 11 is 0. The van der Waals surface area contributed by atoms with E-state index in [0.717, 1.165) is 124 Å². The number of fused-ring (bicyclic) bond motifs is 5. The van der Waals surface area contributed by atoms with Crippen LogP contribution in [0.25, 0.3) is 147 Å². The predicted molar refractivity (Wildman–Crippen MR) is 515 cm³/mol. The van der Waals surface area contributed by atoms with Gasteiger partial charge in [0.2, 0.25) is 0 Å². The summed E-state index contributed by atoms with van der Waals surface area (Å²) < 4.78 is 0. The molecule has 0 N–H and O–H groups in total. The molecule has 0 atom stereocenters. The summed E-state index contributed by atoms with van der Waals surface area (Å²) in [6.45, 7) is 29.9. The minimum Gasteiger partial charge on any atom is -0.545 e. The van der Waals surface area contributed by atoms with Gasteiger partial charge in [-0.3, -0.25) is 94.2 Å². The number of nitrogens with zero attached hydrogens (tertiary/aromatic N) is 22. The average Bonchev–Trinajstić information content (AvgIpc) is 1.70.